The lowest BCUT2D eigenvalue weighted by Gasteiger charge is -2.12. The van der Waals surface area contributed by atoms with Crippen LogP contribution in [0.15, 0.2) is 0 Å². The molecule has 2 aliphatic rings. The Kier molecular flexibility index (Phi) is 1.46. The Bertz CT molecular complexity index is 144. The molecule has 0 aliphatic heterocycles. The van der Waals surface area contributed by atoms with Gasteiger partial charge in [0.15, 0.2) is 0 Å². The lowest BCUT2D eigenvalue weighted by Crippen LogP contribution is -2.25. The van der Waals surface area contributed by atoms with E-state index in [-0.39, 0.29) is 4.33 Å². The van der Waals surface area contributed by atoms with Crippen molar-refractivity contribution in [1.29, 1.82) is 0 Å². The molecule has 1 nitrogen and oxygen atoms in total. The lowest BCUT2D eigenvalue weighted by atomic mass is 10.2. The van der Waals surface area contributed by atoms with Crippen molar-refractivity contribution >= 4 is 23.2 Å². The van der Waals surface area contributed by atoms with Crippen molar-refractivity contribution in [1.82, 2.24) is 5.32 Å². The molecule has 3 heteroatoms. The second kappa shape index (κ2) is 2.02. The molecular formula is C7H11Cl2N. The van der Waals surface area contributed by atoms with Gasteiger partial charge in [-0.1, -0.05) is 0 Å². The molecule has 0 spiro atoms. The molecule has 2 fully saturated rings. The molecule has 2 rings (SSSR count). The molecular weight excluding hydrogens is 169 g/mol. The topological polar surface area (TPSA) is 12.0 Å². The van der Waals surface area contributed by atoms with Crippen LogP contribution in [0.2, 0.25) is 0 Å². The summed E-state index contributed by atoms with van der Waals surface area (Å²) in [5.74, 6) is 1.15. The first-order valence-electron chi connectivity index (χ1n) is 3.71. The van der Waals surface area contributed by atoms with Crippen LogP contribution < -0.4 is 5.32 Å². The third-order valence-corrected chi connectivity index (χ3v) is 3.97. The van der Waals surface area contributed by atoms with Crippen LogP contribution in [0.4, 0.5) is 0 Å². The Morgan fingerprint density at radius 2 is 1.80 bits per heavy atom. The van der Waals surface area contributed by atoms with Crippen LogP contribution in [0.5, 0.6) is 0 Å². The number of nitrogens with one attached hydrogen (secondary N) is 1. The monoisotopic (exact) mass is 179 g/mol. The molecule has 2 saturated carbocycles. The predicted octanol–water partition coefficient (Wildman–Crippen LogP) is 1.79. The van der Waals surface area contributed by atoms with Crippen molar-refractivity contribution in [3.63, 3.8) is 0 Å². The van der Waals surface area contributed by atoms with E-state index in [0.717, 1.165) is 12.8 Å². The first kappa shape index (κ1) is 7.20. The first-order valence-corrected chi connectivity index (χ1v) is 4.47. The zero-order valence-electron chi connectivity index (χ0n) is 5.90. The van der Waals surface area contributed by atoms with Gasteiger partial charge in [0.2, 0.25) is 0 Å². The highest BCUT2D eigenvalue weighted by Gasteiger charge is 2.66. The maximum absolute atomic E-state index is 5.97. The Balaban J connectivity index is 1.96. The number of halogens is 2. The number of alkyl halides is 2. The third-order valence-electron chi connectivity index (χ3n) is 2.85. The summed E-state index contributed by atoms with van der Waals surface area (Å²) in [6.45, 7) is 0. The van der Waals surface area contributed by atoms with Gasteiger partial charge >= 0.3 is 0 Å². The van der Waals surface area contributed by atoms with Crippen molar-refractivity contribution in [2.45, 2.75) is 23.2 Å². The molecule has 0 aromatic heterocycles. The summed E-state index contributed by atoms with van der Waals surface area (Å²) in [6.07, 6.45) is 2.32. The van der Waals surface area contributed by atoms with Gasteiger partial charge in [-0.05, 0) is 31.7 Å². The average molecular weight is 180 g/mol. The Hall–Kier alpha value is 0.540. The molecule has 58 valence electrons. The standard InChI is InChI=1S/C7H11Cl2N/c1-10-4-2-5-6(3-4)7(5,8)9/h4-6,10H,2-3H2,1H3. The molecule has 0 aromatic carbocycles. The van der Waals surface area contributed by atoms with Crippen LogP contribution in [-0.2, 0) is 0 Å². The van der Waals surface area contributed by atoms with Crippen LogP contribution in [0.3, 0.4) is 0 Å². The normalized spacial score (nSPS) is 48.9. The van der Waals surface area contributed by atoms with Crippen LogP contribution in [0.25, 0.3) is 0 Å². The molecule has 0 saturated heterocycles. The van der Waals surface area contributed by atoms with E-state index in [1.807, 2.05) is 7.05 Å². The van der Waals surface area contributed by atoms with Crippen molar-refractivity contribution in [2.75, 3.05) is 7.05 Å². The second-order valence-corrected chi connectivity index (χ2v) is 4.79. The minimum Gasteiger partial charge on any atom is -0.317 e. The lowest BCUT2D eigenvalue weighted by molar-refractivity contribution is 0.517. The Morgan fingerprint density at radius 3 is 2.20 bits per heavy atom. The maximum Gasteiger partial charge on any atom is 0.124 e. The maximum atomic E-state index is 5.97. The van der Waals surface area contributed by atoms with Crippen LogP contribution in [0.1, 0.15) is 12.8 Å². The molecule has 0 aromatic rings. The van der Waals surface area contributed by atoms with Crippen molar-refractivity contribution in [2.24, 2.45) is 11.8 Å². The summed E-state index contributed by atoms with van der Waals surface area (Å²) in [4.78, 5) is 0. The second-order valence-electron chi connectivity index (χ2n) is 3.34. The summed E-state index contributed by atoms with van der Waals surface area (Å²) >= 11 is 11.9. The van der Waals surface area contributed by atoms with Crippen LogP contribution >= 0.6 is 23.2 Å². The molecule has 2 atom stereocenters. The quantitative estimate of drug-likeness (QED) is 0.606. The highest BCUT2D eigenvalue weighted by Crippen LogP contribution is 2.66. The van der Waals surface area contributed by atoms with Crippen molar-refractivity contribution < 1.29 is 0 Å². The van der Waals surface area contributed by atoms with E-state index in [2.05, 4.69) is 5.32 Å². The Morgan fingerprint density at radius 1 is 1.30 bits per heavy atom. The van der Waals surface area contributed by atoms with E-state index >= 15 is 0 Å². The van der Waals surface area contributed by atoms with E-state index in [0.29, 0.717) is 17.9 Å². The van der Waals surface area contributed by atoms with Gasteiger partial charge in [-0.3, -0.25) is 0 Å². The number of rotatable bonds is 1. The predicted molar refractivity (Wildman–Crippen MR) is 43.5 cm³/mol. The number of hydrogen-bond donors (Lipinski definition) is 1. The van der Waals surface area contributed by atoms with Crippen molar-refractivity contribution in [3.8, 4) is 0 Å². The fourth-order valence-corrected chi connectivity index (χ4v) is 2.89. The van der Waals surface area contributed by atoms with Gasteiger partial charge in [-0.25, -0.2) is 0 Å². The summed E-state index contributed by atoms with van der Waals surface area (Å²) in [7, 11) is 2.00. The molecule has 0 bridgehead atoms. The van der Waals surface area contributed by atoms with Gasteiger partial charge in [0.05, 0.1) is 0 Å². The van der Waals surface area contributed by atoms with Gasteiger partial charge in [-0.15, -0.1) is 23.2 Å². The van der Waals surface area contributed by atoms with Crippen LogP contribution in [-0.4, -0.2) is 17.4 Å². The molecule has 1 N–H and O–H groups in total. The largest absolute Gasteiger partial charge is 0.317 e. The fraction of sp³-hybridized carbons (Fsp3) is 1.00. The third kappa shape index (κ3) is 0.806. The highest BCUT2D eigenvalue weighted by atomic mass is 35.5. The van der Waals surface area contributed by atoms with E-state index in [4.69, 9.17) is 23.2 Å². The zero-order chi connectivity index (χ0) is 7.35. The zero-order valence-corrected chi connectivity index (χ0v) is 7.41. The first-order chi connectivity index (χ1) is 4.66. The van der Waals surface area contributed by atoms with E-state index in [1.165, 1.54) is 0 Å². The molecule has 0 radical (unpaired) electrons. The van der Waals surface area contributed by atoms with Gasteiger partial charge in [0.1, 0.15) is 4.33 Å². The SMILES string of the molecule is CNC1CC2C(C1)C2(Cl)Cl. The van der Waals surface area contributed by atoms with Gasteiger partial charge in [0.25, 0.3) is 0 Å². The fourth-order valence-electron chi connectivity index (χ4n) is 2.05. The smallest absolute Gasteiger partial charge is 0.124 e. The van der Waals surface area contributed by atoms with Gasteiger partial charge < -0.3 is 5.32 Å². The Labute approximate surface area is 71.1 Å². The molecule has 0 amide bonds. The average Bonchev–Trinajstić information content (AvgIpc) is 2.37. The number of fused-ring (bicyclic) bond motifs is 1. The van der Waals surface area contributed by atoms with Gasteiger partial charge in [-0.2, -0.15) is 0 Å². The molecule has 0 heterocycles. The minimum atomic E-state index is -0.354. The summed E-state index contributed by atoms with van der Waals surface area (Å²) < 4.78 is -0.354. The van der Waals surface area contributed by atoms with Crippen LogP contribution in [0, 0.1) is 11.8 Å². The van der Waals surface area contributed by atoms with Crippen molar-refractivity contribution in [3.05, 3.63) is 0 Å². The van der Waals surface area contributed by atoms with E-state index in [9.17, 15) is 0 Å². The summed E-state index contributed by atoms with van der Waals surface area (Å²) in [5.41, 5.74) is 0. The number of hydrogen-bond acceptors (Lipinski definition) is 1. The van der Waals surface area contributed by atoms with Gasteiger partial charge in [0, 0.05) is 6.04 Å². The summed E-state index contributed by atoms with van der Waals surface area (Å²) in [5, 5.41) is 3.25. The van der Waals surface area contributed by atoms with E-state index in [1.54, 1.807) is 0 Å². The molecule has 2 aliphatic carbocycles. The molecule has 2 unspecified atom stereocenters. The van der Waals surface area contributed by atoms with E-state index < -0.39 is 0 Å². The highest BCUT2D eigenvalue weighted by molar-refractivity contribution is 6.51. The summed E-state index contributed by atoms with van der Waals surface area (Å²) in [6, 6.07) is 0.667. The molecule has 10 heavy (non-hydrogen) atoms. The minimum absolute atomic E-state index is 0.354.